The van der Waals surface area contributed by atoms with E-state index < -0.39 is 0 Å². The van der Waals surface area contributed by atoms with E-state index in [2.05, 4.69) is 19.9 Å². The highest BCUT2D eigenvalue weighted by Gasteiger charge is 2.22. The van der Waals surface area contributed by atoms with Crippen LogP contribution in [0, 0.1) is 11.8 Å². The molecule has 3 unspecified atom stereocenters. The number of aliphatic hydroxyl groups is 1. The number of aliphatic hydroxyl groups excluding tert-OH is 1. The van der Waals surface area contributed by atoms with Crippen molar-refractivity contribution in [2.24, 2.45) is 17.6 Å². The van der Waals surface area contributed by atoms with Crippen molar-refractivity contribution in [1.82, 2.24) is 0 Å². The molecular weight excluding hydrogens is 150 g/mol. The zero-order valence-corrected chi connectivity index (χ0v) is 7.96. The van der Waals surface area contributed by atoms with Crippen LogP contribution in [0.1, 0.15) is 26.7 Å². The van der Waals surface area contributed by atoms with Crippen LogP contribution in [-0.4, -0.2) is 17.8 Å². The third-order valence-electron chi connectivity index (χ3n) is 2.64. The summed E-state index contributed by atoms with van der Waals surface area (Å²) < 4.78 is 0. The standard InChI is InChI=1S/C10H19NO/c1-7-3-8(2)5-9(4-7)10(11)6-12/h3,7,9-10,12H,4-6,11H2,1-2H3. The molecule has 70 valence electrons. The summed E-state index contributed by atoms with van der Waals surface area (Å²) in [5.74, 6) is 1.11. The predicted octanol–water partition coefficient (Wildman–Crippen LogP) is 1.30. The summed E-state index contributed by atoms with van der Waals surface area (Å²) in [5.41, 5.74) is 7.21. The van der Waals surface area contributed by atoms with Gasteiger partial charge >= 0.3 is 0 Å². The topological polar surface area (TPSA) is 46.2 Å². The highest BCUT2D eigenvalue weighted by molar-refractivity contribution is 5.07. The van der Waals surface area contributed by atoms with Crippen LogP contribution in [0.15, 0.2) is 11.6 Å². The van der Waals surface area contributed by atoms with Gasteiger partial charge in [-0.1, -0.05) is 18.6 Å². The summed E-state index contributed by atoms with van der Waals surface area (Å²) in [6.07, 6.45) is 4.49. The zero-order chi connectivity index (χ0) is 9.14. The third kappa shape index (κ3) is 2.32. The molecule has 2 nitrogen and oxygen atoms in total. The minimum absolute atomic E-state index is 0.0314. The van der Waals surface area contributed by atoms with Gasteiger partial charge in [-0.2, -0.15) is 0 Å². The SMILES string of the molecule is CC1=CC(C)CC(C(N)CO)C1. The molecule has 0 aromatic carbocycles. The van der Waals surface area contributed by atoms with E-state index in [-0.39, 0.29) is 12.6 Å². The lowest BCUT2D eigenvalue weighted by Crippen LogP contribution is -2.35. The Morgan fingerprint density at radius 2 is 2.42 bits per heavy atom. The number of allylic oxidation sites excluding steroid dienone is 2. The first kappa shape index (κ1) is 9.75. The maximum absolute atomic E-state index is 8.92. The molecule has 1 aliphatic rings. The molecule has 3 atom stereocenters. The Bertz CT molecular complexity index is 177. The van der Waals surface area contributed by atoms with Gasteiger partial charge in [-0.25, -0.2) is 0 Å². The molecule has 0 saturated heterocycles. The quantitative estimate of drug-likeness (QED) is 0.612. The van der Waals surface area contributed by atoms with Crippen molar-refractivity contribution < 1.29 is 5.11 Å². The lowest BCUT2D eigenvalue weighted by Gasteiger charge is -2.29. The van der Waals surface area contributed by atoms with Gasteiger partial charge in [0.1, 0.15) is 0 Å². The Hall–Kier alpha value is -0.340. The molecule has 3 N–H and O–H groups in total. The van der Waals surface area contributed by atoms with E-state index in [4.69, 9.17) is 10.8 Å². The van der Waals surface area contributed by atoms with Crippen LogP contribution >= 0.6 is 0 Å². The van der Waals surface area contributed by atoms with Gasteiger partial charge in [0.25, 0.3) is 0 Å². The first-order valence-corrected chi connectivity index (χ1v) is 4.67. The number of nitrogens with two attached hydrogens (primary N) is 1. The van der Waals surface area contributed by atoms with Crippen LogP contribution < -0.4 is 5.73 Å². The minimum Gasteiger partial charge on any atom is -0.395 e. The molecule has 0 heterocycles. The van der Waals surface area contributed by atoms with Crippen LogP contribution in [0.5, 0.6) is 0 Å². The fourth-order valence-corrected chi connectivity index (χ4v) is 2.07. The van der Waals surface area contributed by atoms with Crippen LogP contribution in [0.25, 0.3) is 0 Å². The second-order valence-electron chi connectivity index (χ2n) is 4.04. The van der Waals surface area contributed by atoms with Crippen molar-refractivity contribution in [2.75, 3.05) is 6.61 Å². The van der Waals surface area contributed by atoms with E-state index in [0.29, 0.717) is 11.8 Å². The molecule has 0 bridgehead atoms. The molecule has 0 aromatic heterocycles. The number of hydrogen-bond donors (Lipinski definition) is 2. The van der Waals surface area contributed by atoms with Gasteiger partial charge < -0.3 is 10.8 Å². The van der Waals surface area contributed by atoms with Crippen molar-refractivity contribution in [2.45, 2.75) is 32.7 Å². The summed E-state index contributed by atoms with van der Waals surface area (Å²) in [7, 11) is 0. The Kier molecular flexibility index (Phi) is 3.29. The van der Waals surface area contributed by atoms with Gasteiger partial charge in [0.15, 0.2) is 0 Å². The van der Waals surface area contributed by atoms with Crippen molar-refractivity contribution >= 4 is 0 Å². The number of rotatable bonds is 2. The fourth-order valence-electron chi connectivity index (χ4n) is 2.07. The second kappa shape index (κ2) is 4.06. The van der Waals surface area contributed by atoms with E-state index in [9.17, 15) is 0 Å². The molecule has 12 heavy (non-hydrogen) atoms. The first-order chi connectivity index (χ1) is 5.63. The average molecular weight is 169 g/mol. The highest BCUT2D eigenvalue weighted by atomic mass is 16.3. The van der Waals surface area contributed by atoms with Crippen LogP contribution in [-0.2, 0) is 0 Å². The molecule has 0 radical (unpaired) electrons. The molecule has 0 amide bonds. The van der Waals surface area contributed by atoms with Gasteiger partial charge in [-0.05, 0) is 31.6 Å². The van der Waals surface area contributed by atoms with E-state index in [0.717, 1.165) is 12.8 Å². The van der Waals surface area contributed by atoms with Crippen LogP contribution in [0.2, 0.25) is 0 Å². The fraction of sp³-hybridized carbons (Fsp3) is 0.800. The van der Waals surface area contributed by atoms with Crippen LogP contribution in [0.3, 0.4) is 0 Å². The summed E-state index contributed by atoms with van der Waals surface area (Å²) in [6, 6.07) is -0.0314. The van der Waals surface area contributed by atoms with Gasteiger partial charge in [-0.3, -0.25) is 0 Å². The maximum atomic E-state index is 8.92. The molecule has 0 aromatic rings. The van der Waals surface area contributed by atoms with E-state index in [1.165, 1.54) is 5.57 Å². The lowest BCUT2D eigenvalue weighted by atomic mass is 9.80. The Balaban J connectivity index is 2.55. The molecule has 0 spiro atoms. The second-order valence-corrected chi connectivity index (χ2v) is 4.04. The van der Waals surface area contributed by atoms with E-state index in [1.54, 1.807) is 0 Å². The van der Waals surface area contributed by atoms with E-state index in [1.807, 2.05) is 0 Å². The summed E-state index contributed by atoms with van der Waals surface area (Å²) >= 11 is 0. The Labute approximate surface area is 74.5 Å². The molecule has 1 aliphatic carbocycles. The molecule has 2 heteroatoms. The third-order valence-corrected chi connectivity index (χ3v) is 2.64. The van der Waals surface area contributed by atoms with E-state index >= 15 is 0 Å². The first-order valence-electron chi connectivity index (χ1n) is 4.67. The van der Waals surface area contributed by atoms with Crippen LogP contribution in [0.4, 0.5) is 0 Å². The smallest absolute Gasteiger partial charge is 0.0585 e. The highest BCUT2D eigenvalue weighted by Crippen LogP contribution is 2.29. The average Bonchev–Trinajstić information content (AvgIpc) is 2.01. The van der Waals surface area contributed by atoms with Crippen molar-refractivity contribution in [3.05, 3.63) is 11.6 Å². The minimum atomic E-state index is -0.0314. The summed E-state index contributed by atoms with van der Waals surface area (Å²) in [6.45, 7) is 4.47. The molecule has 0 aliphatic heterocycles. The maximum Gasteiger partial charge on any atom is 0.0585 e. The predicted molar refractivity (Wildman–Crippen MR) is 50.7 cm³/mol. The molecule has 0 fully saturated rings. The summed E-state index contributed by atoms with van der Waals surface area (Å²) in [4.78, 5) is 0. The van der Waals surface area contributed by atoms with Crippen molar-refractivity contribution in [3.8, 4) is 0 Å². The summed E-state index contributed by atoms with van der Waals surface area (Å²) in [5, 5.41) is 8.92. The monoisotopic (exact) mass is 169 g/mol. The Morgan fingerprint density at radius 1 is 1.75 bits per heavy atom. The van der Waals surface area contributed by atoms with Gasteiger partial charge in [0.05, 0.1) is 6.61 Å². The molecular formula is C10H19NO. The lowest BCUT2D eigenvalue weighted by molar-refractivity contribution is 0.209. The van der Waals surface area contributed by atoms with Crippen molar-refractivity contribution in [1.29, 1.82) is 0 Å². The number of hydrogen-bond acceptors (Lipinski definition) is 2. The Morgan fingerprint density at radius 3 is 2.92 bits per heavy atom. The van der Waals surface area contributed by atoms with Gasteiger partial charge in [-0.15, -0.1) is 0 Å². The molecule has 0 saturated carbocycles. The van der Waals surface area contributed by atoms with Crippen molar-refractivity contribution in [3.63, 3.8) is 0 Å². The van der Waals surface area contributed by atoms with Gasteiger partial charge in [0, 0.05) is 6.04 Å². The van der Waals surface area contributed by atoms with Gasteiger partial charge in [0.2, 0.25) is 0 Å². The molecule has 1 rings (SSSR count). The normalized spacial score (nSPS) is 32.8. The zero-order valence-electron chi connectivity index (χ0n) is 7.96. The largest absolute Gasteiger partial charge is 0.395 e.